The van der Waals surface area contributed by atoms with E-state index in [0.717, 1.165) is 25.6 Å². The molecule has 1 saturated heterocycles. The maximum Gasteiger partial charge on any atom is 0.225 e. The van der Waals surface area contributed by atoms with Crippen LogP contribution >= 0.6 is 11.6 Å². The first-order chi connectivity index (χ1) is 7.29. The van der Waals surface area contributed by atoms with Gasteiger partial charge < -0.3 is 10.2 Å². The summed E-state index contributed by atoms with van der Waals surface area (Å²) in [6.45, 7) is 3.13. The summed E-state index contributed by atoms with van der Waals surface area (Å²) in [5, 5.41) is 3.79. The fourth-order valence-corrected chi connectivity index (χ4v) is 2.04. The molecule has 1 aliphatic rings. The summed E-state index contributed by atoms with van der Waals surface area (Å²) in [7, 11) is 1.99. The minimum Gasteiger partial charge on any atom is -0.340 e. The lowest BCUT2D eigenvalue weighted by molar-refractivity contribution is 0.548. The largest absolute Gasteiger partial charge is 0.340 e. The van der Waals surface area contributed by atoms with Crippen molar-refractivity contribution in [3.63, 3.8) is 0 Å². The highest BCUT2D eigenvalue weighted by atomic mass is 35.5. The molecular formula is C10H15ClN4. The predicted octanol–water partition coefficient (Wildman–Crippen LogP) is 1.18. The maximum absolute atomic E-state index is 5.74. The molecule has 1 aliphatic heterocycles. The number of rotatable bonds is 3. The van der Waals surface area contributed by atoms with Gasteiger partial charge in [-0.1, -0.05) is 11.6 Å². The van der Waals surface area contributed by atoms with Gasteiger partial charge in [-0.25, -0.2) is 9.97 Å². The first kappa shape index (κ1) is 10.6. The number of anilines is 1. The zero-order chi connectivity index (χ0) is 10.7. The van der Waals surface area contributed by atoms with E-state index < -0.39 is 0 Å². The van der Waals surface area contributed by atoms with E-state index in [9.17, 15) is 0 Å². The number of nitrogens with zero attached hydrogens (tertiary/aromatic N) is 3. The topological polar surface area (TPSA) is 41.0 Å². The zero-order valence-electron chi connectivity index (χ0n) is 8.78. The summed E-state index contributed by atoms with van der Waals surface area (Å²) in [5.74, 6) is 1.49. The van der Waals surface area contributed by atoms with Gasteiger partial charge in [0.1, 0.15) is 0 Å². The number of nitrogens with one attached hydrogen (secondary N) is 1. The molecule has 4 nitrogen and oxygen atoms in total. The van der Waals surface area contributed by atoms with Crippen LogP contribution in [0.15, 0.2) is 12.4 Å². The van der Waals surface area contributed by atoms with Crippen LogP contribution in [-0.4, -0.2) is 36.6 Å². The molecule has 2 heterocycles. The van der Waals surface area contributed by atoms with Gasteiger partial charge in [0.15, 0.2) is 0 Å². The quantitative estimate of drug-likeness (QED) is 0.841. The molecule has 0 bridgehead atoms. The Morgan fingerprint density at radius 2 is 2.27 bits per heavy atom. The Kier molecular flexibility index (Phi) is 3.38. The average Bonchev–Trinajstić information content (AvgIpc) is 2.68. The molecule has 1 atom stereocenters. The van der Waals surface area contributed by atoms with Crippen molar-refractivity contribution in [1.29, 1.82) is 0 Å². The highest BCUT2D eigenvalue weighted by molar-refractivity contribution is 6.30. The van der Waals surface area contributed by atoms with Crippen molar-refractivity contribution < 1.29 is 0 Å². The molecule has 1 aromatic heterocycles. The van der Waals surface area contributed by atoms with Crippen molar-refractivity contribution >= 4 is 17.5 Å². The van der Waals surface area contributed by atoms with Gasteiger partial charge in [-0.15, -0.1) is 0 Å². The molecule has 1 aromatic rings. The molecule has 82 valence electrons. The molecule has 0 aromatic carbocycles. The Balaban J connectivity index is 1.98. The summed E-state index contributed by atoms with van der Waals surface area (Å²) >= 11 is 5.74. The normalized spacial score (nSPS) is 20.9. The second-order valence-corrected chi connectivity index (χ2v) is 4.30. The molecule has 2 rings (SSSR count). The molecular weight excluding hydrogens is 212 g/mol. The zero-order valence-corrected chi connectivity index (χ0v) is 9.54. The Labute approximate surface area is 94.7 Å². The smallest absolute Gasteiger partial charge is 0.225 e. The van der Waals surface area contributed by atoms with E-state index in [2.05, 4.69) is 20.2 Å². The van der Waals surface area contributed by atoms with Crippen molar-refractivity contribution in [2.24, 2.45) is 5.92 Å². The van der Waals surface area contributed by atoms with Crippen LogP contribution in [0, 0.1) is 5.92 Å². The van der Waals surface area contributed by atoms with Crippen molar-refractivity contribution in [1.82, 2.24) is 15.3 Å². The minimum absolute atomic E-state index is 0.588. The third kappa shape index (κ3) is 2.58. The van der Waals surface area contributed by atoms with E-state index in [1.165, 1.54) is 6.42 Å². The van der Waals surface area contributed by atoms with Gasteiger partial charge >= 0.3 is 0 Å². The van der Waals surface area contributed by atoms with Gasteiger partial charge in [-0.3, -0.25) is 0 Å². The van der Waals surface area contributed by atoms with E-state index in [1.54, 1.807) is 12.4 Å². The van der Waals surface area contributed by atoms with E-state index in [-0.39, 0.29) is 0 Å². The Morgan fingerprint density at radius 3 is 2.93 bits per heavy atom. The lowest BCUT2D eigenvalue weighted by Crippen LogP contribution is -2.25. The molecule has 0 amide bonds. The average molecular weight is 227 g/mol. The summed E-state index contributed by atoms with van der Waals surface area (Å²) in [5.41, 5.74) is 0. The molecule has 15 heavy (non-hydrogen) atoms. The molecule has 0 spiro atoms. The Hall–Kier alpha value is -0.870. The fourth-order valence-electron chi connectivity index (χ4n) is 1.94. The number of halogens is 1. The van der Waals surface area contributed by atoms with E-state index in [4.69, 9.17) is 11.6 Å². The highest BCUT2D eigenvalue weighted by Gasteiger charge is 2.23. The van der Waals surface area contributed by atoms with Crippen LogP contribution in [0.3, 0.4) is 0 Å². The van der Waals surface area contributed by atoms with Crippen LogP contribution in [0.25, 0.3) is 0 Å². The number of hydrogen-bond donors (Lipinski definition) is 1. The van der Waals surface area contributed by atoms with Crippen LogP contribution in [0.1, 0.15) is 6.42 Å². The summed E-state index contributed by atoms with van der Waals surface area (Å²) in [6.07, 6.45) is 4.50. The molecule has 0 saturated carbocycles. The lowest BCUT2D eigenvalue weighted by atomic mass is 10.1. The summed E-state index contributed by atoms with van der Waals surface area (Å²) in [6, 6.07) is 0. The van der Waals surface area contributed by atoms with Crippen molar-refractivity contribution in [3.05, 3.63) is 17.4 Å². The van der Waals surface area contributed by atoms with Gasteiger partial charge in [0.05, 0.1) is 17.4 Å². The van der Waals surface area contributed by atoms with Gasteiger partial charge in [0.2, 0.25) is 5.95 Å². The van der Waals surface area contributed by atoms with Gasteiger partial charge in [0.25, 0.3) is 0 Å². The first-order valence-corrected chi connectivity index (χ1v) is 5.54. The van der Waals surface area contributed by atoms with Crippen LogP contribution in [0.4, 0.5) is 5.95 Å². The summed E-state index contributed by atoms with van der Waals surface area (Å²) < 4.78 is 0. The predicted molar refractivity (Wildman–Crippen MR) is 61.3 cm³/mol. The monoisotopic (exact) mass is 226 g/mol. The number of aromatic nitrogens is 2. The van der Waals surface area contributed by atoms with Crippen molar-refractivity contribution in [3.8, 4) is 0 Å². The van der Waals surface area contributed by atoms with Crippen LogP contribution in [-0.2, 0) is 0 Å². The van der Waals surface area contributed by atoms with Crippen molar-refractivity contribution in [2.45, 2.75) is 6.42 Å². The van der Waals surface area contributed by atoms with E-state index in [1.807, 2.05) is 7.05 Å². The van der Waals surface area contributed by atoms with Gasteiger partial charge in [0, 0.05) is 13.1 Å². The highest BCUT2D eigenvalue weighted by Crippen LogP contribution is 2.20. The number of hydrogen-bond acceptors (Lipinski definition) is 4. The SMILES string of the molecule is CNCC1CCN(c2ncc(Cl)cn2)C1. The van der Waals surface area contributed by atoms with Crippen LogP contribution in [0.5, 0.6) is 0 Å². The molecule has 1 unspecified atom stereocenters. The molecule has 0 radical (unpaired) electrons. The Bertz CT molecular complexity index is 314. The molecule has 1 N–H and O–H groups in total. The van der Waals surface area contributed by atoms with E-state index >= 15 is 0 Å². The third-order valence-corrected chi connectivity index (χ3v) is 2.86. The lowest BCUT2D eigenvalue weighted by Gasteiger charge is -2.15. The van der Waals surface area contributed by atoms with Crippen LogP contribution < -0.4 is 10.2 Å². The second-order valence-electron chi connectivity index (χ2n) is 3.86. The van der Waals surface area contributed by atoms with Gasteiger partial charge in [-0.2, -0.15) is 0 Å². The summed E-state index contributed by atoms with van der Waals surface area (Å²) in [4.78, 5) is 10.6. The fraction of sp³-hybridized carbons (Fsp3) is 0.600. The molecule has 0 aliphatic carbocycles. The minimum atomic E-state index is 0.588. The van der Waals surface area contributed by atoms with E-state index in [0.29, 0.717) is 10.9 Å². The maximum atomic E-state index is 5.74. The van der Waals surface area contributed by atoms with Gasteiger partial charge in [-0.05, 0) is 25.9 Å². The molecule has 5 heteroatoms. The Morgan fingerprint density at radius 1 is 1.53 bits per heavy atom. The van der Waals surface area contributed by atoms with Crippen molar-refractivity contribution in [2.75, 3.05) is 31.6 Å². The molecule has 1 fully saturated rings. The second kappa shape index (κ2) is 4.77. The third-order valence-electron chi connectivity index (χ3n) is 2.67. The first-order valence-electron chi connectivity index (χ1n) is 5.16. The standard InChI is InChI=1S/C10H15ClN4/c1-12-4-8-2-3-15(7-8)10-13-5-9(11)6-14-10/h5-6,8,12H,2-4,7H2,1H3. The van der Waals surface area contributed by atoms with Crippen LogP contribution in [0.2, 0.25) is 5.02 Å².